The van der Waals surface area contributed by atoms with Crippen molar-refractivity contribution >= 4 is 31.3 Å². The number of ether oxygens (including phenoxy) is 2. The number of methoxy groups -OCH3 is 1. The van der Waals surface area contributed by atoms with Crippen LogP contribution in [0.3, 0.4) is 0 Å². The van der Waals surface area contributed by atoms with E-state index < -0.39 is 9.05 Å². The molecule has 0 saturated heterocycles. The molecule has 0 amide bonds. The fourth-order valence-electron chi connectivity index (χ4n) is 1.68. The molecule has 1 aromatic carbocycles. The van der Waals surface area contributed by atoms with Crippen molar-refractivity contribution in [3.8, 4) is 11.5 Å². The molecule has 19 heavy (non-hydrogen) atoms. The summed E-state index contributed by atoms with van der Waals surface area (Å²) in [6, 6.07) is 3.11. The Bertz CT molecular complexity index is 567. The lowest BCUT2D eigenvalue weighted by molar-refractivity contribution is 0.280. The van der Waals surface area contributed by atoms with Gasteiger partial charge in [-0.3, -0.25) is 0 Å². The lowest BCUT2D eigenvalue weighted by atomic mass is 10.2. The molecule has 0 spiro atoms. The van der Waals surface area contributed by atoms with E-state index in [1.807, 2.05) is 0 Å². The van der Waals surface area contributed by atoms with Crippen LogP contribution in [0, 0.1) is 5.92 Å². The van der Waals surface area contributed by atoms with Gasteiger partial charge in [0.1, 0.15) is 0 Å². The zero-order valence-corrected chi connectivity index (χ0v) is 12.7. The van der Waals surface area contributed by atoms with Crippen LogP contribution >= 0.6 is 22.3 Å². The lowest BCUT2D eigenvalue weighted by Crippen LogP contribution is -2.03. The van der Waals surface area contributed by atoms with Crippen LogP contribution < -0.4 is 9.47 Å². The minimum absolute atomic E-state index is 0.298. The quantitative estimate of drug-likeness (QED) is 0.754. The molecule has 0 aromatic heterocycles. The van der Waals surface area contributed by atoms with Crippen LogP contribution in [-0.4, -0.2) is 22.1 Å². The first-order chi connectivity index (χ1) is 8.89. The molecule has 1 aliphatic rings. The molecule has 0 N–H and O–H groups in total. The van der Waals surface area contributed by atoms with Crippen molar-refractivity contribution in [2.24, 2.45) is 5.92 Å². The zero-order valence-electron chi connectivity index (χ0n) is 10.4. The maximum atomic E-state index is 11.1. The minimum Gasteiger partial charge on any atom is -0.493 e. The van der Waals surface area contributed by atoms with E-state index in [-0.39, 0.29) is 5.75 Å². The number of halogens is 2. The molecular weight excluding hydrogens is 311 g/mol. The molecule has 1 fully saturated rings. The average Bonchev–Trinajstić information content (AvgIpc) is 3.08. The van der Waals surface area contributed by atoms with Gasteiger partial charge < -0.3 is 9.47 Å². The summed E-state index contributed by atoms with van der Waals surface area (Å²) in [6.07, 6.45) is 2.34. The highest BCUT2D eigenvalue weighted by Gasteiger charge is 2.23. The van der Waals surface area contributed by atoms with E-state index in [4.69, 9.17) is 31.8 Å². The second-order valence-electron chi connectivity index (χ2n) is 4.55. The zero-order chi connectivity index (χ0) is 14.0. The van der Waals surface area contributed by atoms with E-state index in [1.54, 1.807) is 6.07 Å². The van der Waals surface area contributed by atoms with E-state index in [2.05, 4.69) is 0 Å². The predicted octanol–water partition coefficient (Wildman–Crippen LogP) is 3.21. The van der Waals surface area contributed by atoms with Gasteiger partial charge in [0.2, 0.25) is 9.05 Å². The smallest absolute Gasteiger partial charge is 0.236 e. The van der Waals surface area contributed by atoms with E-state index >= 15 is 0 Å². The largest absolute Gasteiger partial charge is 0.493 e. The van der Waals surface area contributed by atoms with E-state index in [9.17, 15) is 8.42 Å². The van der Waals surface area contributed by atoms with Gasteiger partial charge in [0.25, 0.3) is 0 Å². The Hall–Kier alpha value is -0.650. The third-order valence-electron chi connectivity index (χ3n) is 2.79. The SMILES string of the molecule is COc1cc(CS(=O)(=O)Cl)cc(Cl)c1OCC1CC1. The molecule has 4 nitrogen and oxygen atoms in total. The number of hydrogen-bond donors (Lipinski definition) is 0. The highest BCUT2D eigenvalue weighted by atomic mass is 35.7. The summed E-state index contributed by atoms with van der Waals surface area (Å²) in [5, 5.41) is 0.329. The Morgan fingerprint density at radius 1 is 1.37 bits per heavy atom. The summed E-state index contributed by atoms with van der Waals surface area (Å²) < 4.78 is 33.0. The second-order valence-corrected chi connectivity index (χ2v) is 7.73. The van der Waals surface area contributed by atoms with Crippen molar-refractivity contribution in [3.05, 3.63) is 22.7 Å². The number of hydrogen-bond acceptors (Lipinski definition) is 4. The molecule has 0 aliphatic heterocycles. The number of benzene rings is 1. The highest BCUT2D eigenvalue weighted by Crippen LogP contribution is 2.39. The van der Waals surface area contributed by atoms with Crippen molar-refractivity contribution in [2.75, 3.05) is 13.7 Å². The molecule has 0 heterocycles. The molecule has 0 atom stereocenters. The first-order valence-electron chi connectivity index (χ1n) is 5.80. The Kier molecular flexibility index (Phi) is 4.48. The average molecular weight is 325 g/mol. The molecule has 1 aromatic rings. The summed E-state index contributed by atoms with van der Waals surface area (Å²) in [5.74, 6) is 1.16. The Morgan fingerprint density at radius 3 is 2.58 bits per heavy atom. The van der Waals surface area contributed by atoms with Gasteiger partial charge in [-0.05, 0) is 36.5 Å². The topological polar surface area (TPSA) is 52.6 Å². The Morgan fingerprint density at radius 2 is 2.05 bits per heavy atom. The molecule has 106 valence electrons. The normalized spacial score (nSPS) is 15.3. The summed E-state index contributed by atoms with van der Waals surface area (Å²) in [5.41, 5.74) is 0.468. The summed E-state index contributed by atoms with van der Waals surface area (Å²) in [4.78, 5) is 0. The predicted molar refractivity (Wildman–Crippen MR) is 74.7 cm³/mol. The monoisotopic (exact) mass is 324 g/mol. The van der Waals surface area contributed by atoms with Crippen molar-refractivity contribution in [1.29, 1.82) is 0 Å². The highest BCUT2D eigenvalue weighted by molar-refractivity contribution is 8.13. The van der Waals surface area contributed by atoms with Crippen LogP contribution in [-0.2, 0) is 14.8 Å². The number of rotatable bonds is 6. The van der Waals surface area contributed by atoms with E-state index in [0.717, 1.165) is 0 Å². The first kappa shape index (κ1) is 14.8. The van der Waals surface area contributed by atoms with Gasteiger partial charge in [-0.1, -0.05) is 11.6 Å². The summed E-state index contributed by atoms with van der Waals surface area (Å²) in [6.45, 7) is 0.600. The minimum atomic E-state index is -3.63. The third kappa shape index (κ3) is 4.44. The molecule has 7 heteroatoms. The van der Waals surface area contributed by atoms with Crippen LogP contribution in [0.5, 0.6) is 11.5 Å². The van der Waals surface area contributed by atoms with Crippen molar-refractivity contribution in [1.82, 2.24) is 0 Å². The van der Waals surface area contributed by atoms with Gasteiger partial charge in [0, 0.05) is 10.7 Å². The lowest BCUT2D eigenvalue weighted by Gasteiger charge is -2.13. The van der Waals surface area contributed by atoms with Crippen LogP contribution in [0.4, 0.5) is 0 Å². The molecule has 2 rings (SSSR count). The van der Waals surface area contributed by atoms with Crippen molar-refractivity contribution < 1.29 is 17.9 Å². The first-order valence-corrected chi connectivity index (χ1v) is 8.66. The van der Waals surface area contributed by atoms with Crippen molar-refractivity contribution in [2.45, 2.75) is 18.6 Å². The molecule has 0 radical (unpaired) electrons. The van der Waals surface area contributed by atoms with Gasteiger partial charge in [-0.2, -0.15) is 0 Å². The third-order valence-corrected chi connectivity index (χ3v) is 4.07. The summed E-state index contributed by atoms with van der Waals surface area (Å²) >= 11 is 6.10. The van der Waals surface area contributed by atoms with Crippen LogP contribution in [0.2, 0.25) is 5.02 Å². The fourth-order valence-corrected chi connectivity index (χ4v) is 2.91. The molecule has 1 aliphatic carbocycles. The summed E-state index contributed by atoms with van der Waals surface area (Å²) in [7, 11) is 3.07. The van der Waals surface area contributed by atoms with Crippen LogP contribution in [0.25, 0.3) is 0 Å². The van der Waals surface area contributed by atoms with Gasteiger partial charge in [-0.25, -0.2) is 8.42 Å². The standard InChI is InChI=1S/C12H14Cl2O4S/c1-17-11-5-9(7-19(14,15)16)4-10(13)12(11)18-6-8-2-3-8/h4-5,8H,2-3,6-7H2,1H3. The second kappa shape index (κ2) is 5.77. The Labute approximate surface area is 122 Å². The van der Waals surface area contributed by atoms with Crippen LogP contribution in [0.15, 0.2) is 12.1 Å². The van der Waals surface area contributed by atoms with Gasteiger partial charge in [0.15, 0.2) is 11.5 Å². The molecular formula is C12H14Cl2O4S. The Balaban J connectivity index is 2.23. The maximum absolute atomic E-state index is 11.1. The maximum Gasteiger partial charge on any atom is 0.236 e. The van der Waals surface area contributed by atoms with E-state index in [0.29, 0.717) is 34.6 Å². The molecule has 0 unspecified atom stereocenters. The van der Waals surface area contributed by atoms with Crippen molar-refractivity contribution in [3.63, 3.8) is 0 Å². The van der Waals surface area contributed by atoms with E-state index in [1.165, 1.54) is 26.0 Å². The van der Waals surface area contributed by atoms with Gasteiger partial charge in [0.05, 0.1) is 24.5 Å². The van der Waals surface area contributed by atoms with Crippen LogP contribution in [0.1, 0.15) is 18.4 Å². The molecule has 0 bridgehead atoms. The molecule has 1 saturated carbocycles. The fraction of sp³-hybridized carbons (Fsp3) is 0.500. The van der Waals surface area contributed by atoms with Gasteiger partial charge >= 0.3 is 0 Å². The van der Waals surface area contributed by atoms with Gasteiger partial charge in [-0.15, -0.1) is 0 Å².